The Morgan fingerprint density at radius 1 is 1.12 bits per heavy atom. The van der Waals surface area contributed by atoms with Crippen molar-refractivity contribution in [1.82, 2.24) is 15.5 Å². The van der Waals surface area contributed by atoms with Crippen molar-refractivity contribution in [1.29, 1.82) is 0 Å². The van der Waals surface area contributed by atoms with E-state index in [4.69, 9.17) is 11.6 Å². The zero-order valence-electron chi connectivity index (χ0n) is 16.3. The Kier molecular flexibility index (Phi) is 6.78. The number of rotatable bonds is 4. The standard InChI is InChI=1S/C20H15ClF5N5O/c1-10(12-4-2-3-5-13(12)21)27-19(28-17-9-16(30-31-17)20(24,25)26)29-18(32)11-6-7-14(22)15(23)8-11/h2-10H,1H3,(H3,27,28,29,30,31,32). The van der Waals surface area contributed by atoms with E-state index in [2.05, 4.69) is 20.7 Å². The average Bonchev–Trinajstić information content (AvgIpc) is 3.19. The molecule has 0 saturated heterocycles. The minimum atomic E-state index is -4.66. The molecule has 1 atom stereocenters. The van der Waals surface area contributed by atoms with Crippen LogP contribution in [0.2, 0.25) is 5.02 Å². The number of carbonyl (C=O) groups is 1. The van der Waals surface area contributed by atoms with Crippen molar-refractivity contribution in [2.75, 3.05) is 5.32 Å². The molecule has 0 aliphatic carbocycles. The molecule has 1 aromatic heterocycles. The fourth-order valence-electron chi connectivity index (χ4n) is 2.65. The van der Waals surface area contributed by atoms with Gasteiger partial charge in [-0.25, -0.2) is 8.78 Å². The molecule has 0 saturated carbocycles. The number of benzene rings is 2. The van der Waals surface area contributed by atoms with Crippen molar-refractivity contribution < 1.29 is 26.7 Å². The molecule has 0 aliphatic heterocycles. The van der Waals surface area contributed by atoms with E-state index in [1.54, 1.807) is 31.2 Å². The molecular formula is C20H15ClF5N5O. The van der Waals surface area contributed by atoms with Crippen LogP contribution in [-0.2, 0) is 6.18 Å². The topological polar surface area (TPSA) is 82.2 Å². The highest BCUT2D eigenvalue weighted by Gasteiger charge is 2.33. The van der Waals surface area contributed by atoms with Crippen LogP contribution >= 0.6 is 11.6 Å². The zero-order valence-corrected chi connectivity index (χ0v) is 17.0. The number of nitrogens with one attached hydrogen (secondary N) is 3. The zero-order chi connectivity index (χ0) is 23.5. The van der Waals surface area contributed by atoms with Crippen molar-refractivity contribution in [3.05, 3.63) is 82.0 Å². The minimum Gasteiger partial charge on any atom is -0.349 e. The van der Waals surface area contributed by atoms with Crippen LogP contribution in [0.15, 0.2) is 53.5 Å². The summed E-state index contributed by atoms with van der Waals surface area (Å²) in [7, 11) is 0. The number of carbonyl (C=O) groups excluding carboxylic acids is 1. The van der Waals surface area contributed by atoms with Gasteiger partial charge in [-0.3, -0.25) is 9.89 Å². The fourth-order valence-corrected chi connectivity index (χ4v) is 2.95. The number of alkyl halides is 3. The summed E-state index contributed by atoms with van der Waals surface area (Å²) in [6.07, 6.45) is -4.66. The minimum absolute atomic E-state index is 0.270. The quantitative estimate of drug-likeness (QED) is 0.273. The predicted octanol–water partition coefficient (Wildman–Crippen LogP) is 5.32. The van der Waals surface area contributed by atoms with E-state index < -0.39 is 35.5 Å². The lowest BCUT2D eigenvalue weighted by Gasteiger charge is -2.18. The Labute approximate surface area is 183 Å². The highest BCUT2D eigenvalue weighted by molar-refractivity contribution is 6.31. The van der Waals surface area contributed by atoms with Gasteiger partial charge >= 0.3 is 6.18 Å². The Bertz CT molecular complexity index is 1160. The number of H-pyrrole nitrogens is 1. The molecule has 6 nitrogen and oxygen atoms in total. The smallest absolute Gasteiger partial charge is 0.349 e. The van der Waals surface area contributed by atoms with E-state index in [1.165, 1.54) is 0 Å². The van der Waals surface area contributed by atoms with Crippen molar-refractivity contribution in [3.8, 4) is 0 Å². The summed E-state index contributed by atoms with van der Waals surface area (Å²) in [4.78, 5) is 16.2. The Hall–Kier alpha value is -3.47. The number of aliphatic imine (C=N–C) groups is 1. The average molecular weight is 472 g/mol. The van der Waals surface area contributed by atoms with E-state index in [0.717, 1.165) is 12.1 Å². The molecule has 3 aromatic rings. The lowest BCUT2D eigenvalue weighted by atomic mass is 10.1. The molecule has 0 radical (unpaired) electrons. The summed E-state index contributed by atoms with van der Waals surface area (Å²) in [5, 5.41) is 11.0. The van der Waals surface area contributed by atoms with E-state index in [-0.39, 0.29) is 17.3 Å². The van der Waals surface area contributed by atoms with Gasteiger partial charge in [-0.15, -0.1) is 0 Å². The van der Waals surface area contributed by atoms with Crippen molar-refractivity contribution in [3.63, 3.8) is 0 Å². The monoisotopic (exact) mass is 471 g/mol. The van der Waals surface area contributed by atoms with Gasteiger partial charge in [0.2, 0.25) is 5.96 Å². The second-order valence-corrected chi connectivity index (χ2v) is 6.98. The first-order valence-corrected chi connectivity index (χ1v) is 9.41. The number of halogens is 6. The number of anilines is 1. The van der Waals surface area contributed by atoms with Crippen LogP contribution in [0.5, 0.6) is 0 Å². The van der Waals surface area contributed by atoms with Gasteiger partial charge in [0, 0.05) is 16.7 Å². The predicted molar refractivity (Wildman–Crippen MR) is 108 cm³/mol. The maximum absolute atomic E-state index is 13.5. The number of aromatic nitrogens is 2. The molecule has 1 amide bonds. The molecule has 0 spiro atoms. The van der Waals surface area contributed by atoms with Crippen molar-refractivity contribution in [2.45, 2.75) is 19.1 Å². The van der Waals surface area contributed by atoms with Crippen LogP contribution in [0.3, 0.4) is 0 Å². The Morgan fingerprint density at radius 2 is 1.84 bits per heavy atom. The van der Waals surface area contributed by atoms with Crippen LogP contribution in [0.1, 0.15) is 34.6 Å². The number of hydrogen-bond acceptors (Lipinski definition) is 2. The molecule has 0 fully saturated rings. The number of guanidine groups is 1. The molecule has 1 unspecified atom stereocenters. The van der Waals surface area contributed by atoms with Crippen molar-refractivity contribution in [2.24, 2.45) is 4.99 Å². The third kappa shape index (κ3) is 5.61. The number of nitrogens with zero attached hydrogens (tertiary/aromatic N) is 2. The summed E-state index contributed by atoms with van der Waals surface area (Å²) in [6, 6.07) is 9.34. The van der Waals surface area contributed by atoms with Gasteiger partial charge in [0.05, 0.1) is 6.04 Å². The lowest BCUT2D eigenvalue weighted by molar-refractivity contribution is -0.141. The molecule has 0 aliphatic rings. The number of amides is 1. The van der Waals surface area contributed by atoms with Gasteiger partial charge in [-0.05, 0) is 36.8 Å². The van der Waals surface area contributed by atoms with Gasteiger partial charge in [-0.2, -0.15) is 23.3 Å². The third-order valence-corrected chi connectivity index (χ3v) is 4.58. The first-order chi connectivity index (χ1) is 15.0. The van der Waals surface area contributed by atoms with Gasteiger partial charge in [0.15, 0.2) is 17.5 Å². The molecule has 12 heteroatoms. The molecule has 1 heterocycles. The summed E-state index contributed by atoms with van der Waals surface area (Å²) in [5.74, 6) is -3.94. The van der Waals surface area contributed by atoms with Crippen LogP contribution in [0.4, 0.5) is 27.8 Å². The summed E-state index contributed by atoms with van der Waals surface area (Å²) >= 11 is 6.16. The summed E-state index contributed by atoms with van der Waals surface area (Å²) < 4.78 is 65.1. The third-order valence-electron chi connectivity index (χ3n) is 4.23. The summed E-state index contributed by atoms with van der Waals surface area (Å²) in [5.41, 5.74) is -0.777. The molecule has 2 aromatic carbocycles. The van der Waals surface area contributed by atoms with Crippen LogP contribution in [0.25, 0.3) is 0 Å². The largest absolute Gasteiger partial charge is 0.432 e. The summed E-state index contributed by atoms with van der Waals surface area (Å²) in [6.45, 7) is 1.67. The second kappa shape index (κ2) is 9.35. The highest BCUT2D eigenvalue weighted by Crippen LogP contribution is 2.29. The van der Waals surface area contributed by atoms with Gasteiger partial charge < -0.3 is 10.6 Å². The van der Waals surface area contributed by atoms with Gasteiger partial charge in [-0.1, -0.05) is 29.8 Å². The van der Waals surface area contributed by atoms with E-state index >= 15 is 0 Å². The number of aromatic amines is 1. The molecule has 32 heavy (non-hydrogen) atoms. The maximum Gasteiger partial charge on any atom is 0.432 e. The van der Waals surface area contributed by atoms with Crippen LogP contribution in [0, 0.1) is 11.6 Å². The molecule has 3 N–H and O–H groups in total. The van der Waals surface area contributed by atoms with Crippen LogP contribution in [-0.4, -0.2) is 22.1 Å². The normalized spacial score (nSPS) is 13.0. The van der Waals surface area contributed by atoms with Gasteiger partial charge in [0.25, 0.3) is 5.91 Å². The Morgan fingerprint density at radius 3 is 2.47 bits per heavy atom. The van der Waals surface area contributed by atoms with E-state index in [9.17, 15) is 26.7 Å². The van der Waals surface area contributed by atoms with E-state index in [0.29, 0.717) is 22.7 Å². The molecule has 0 bridgehead atoms. The fraction of sp³-hybridized carbons (Fsp3) is 0.150. The molecule has 168 valence electrons. The Balaban J connectivity index is 1.91. The van der Waals surface area contributed by atoms with Crippen molar-refractivity contribution >= 4 is 29.3 Å². The molecular weight excluding hydrogens is 457 g/mol. The molecule has 3 rings (SSSR count). The highest BCUT2D eigenvalue weighted by atomic mass is 35.5. The van der Waals surface area contributed by atoms with E-state index in [1.807, 2.05) is 5.10 Å². The second-order valence-electron chi connectivity index (χ2n) is 6.57. The van der Waals surface area contributed by atoms with Gasteiger partial charge in [0.1, 0.15) is 5.69 Å². The first kappa shape index (κ1) is 23.2. The SMILES string of the molecule is CC(N/C(=N/C(=O)c1ccc(F)c(F)c1)Nc1cc(C(F)(F)F)[nH]n1)c1ccccc1Cl. The van der Waals surface area contributed by atoms with Crippen LogP contribution < -0.4 is 10.6 Å². The lowest BCUT2D eigenvalue weighted by Crippen LogP contribution is -2.34. The number of hydrogen-bond donors (Lipinski definition) is 3. The first-order valence-electron chi connectivity index (χ1n) is 9.03. The maximum atomic E-state index is 13.5.